The number of rotatable bonds is 5. The first kappa shape index (κ1) is 24.9. The summed E-state index contributed by atoms with van der Waals surface area (Å²) in [5.41, 5.74) is -0.337. The summed E-state index contributed by atoms with van der Waals surface area (Å²) in [5.74, 6) is 0.194. The Balaban J connectivity index is 1.62. The number of anilines is 1. The van der Waals surface area contributed by atoms with E-state index in [0.29, 0.717) is 20.4 Å². The van der Waals surface area contributed by atoms with Crippen LogP contribution in [0.15, 0.2) is 24.3 Å². The van der Waals surface area contributed by atoms with Gasteiger partial charge in [-0.2, -0.15) is 13.2 Å². The minimum atomic E-state index is -4.54. The molecule has 11 heteroatoms. The van der Waals surface area contributed by atoms with Crippen LogP contribution >= 0.6 is 35.6 Å². The fraction of sp³-hybridized carbons (Fsp3) is 0.476. The number of halogens is 4. The van der Waals surface area contributed by atoms with Crippen LogP contribution < -0.4 is 10.6 Å². The second-order valence-electron chi connectivity index (χ2n) is 7.92. The van der Waals surface area contributed by atoms with Gasteiger partial charge in [0.15, 0.2) is 0 Å². The number of nitrogens with one attached hydrogen (secondary N) is 2. The Morgan fingerprint density at radius 3 is 2.50 bits per heavy atom. The van der Waals surface area contributed by atoms with E-state index in [2.05, 4.69) is 15.6 Å². The number of pyridine rings is 1. The van der Waals surface area contributed by atoms with Crippen LogP contribution in [-0.4, -0.2) is 52.0 Å². The third-order valence-corrected chi connectivity index (χ3v) is 7.18. The SMILES string of the molecule is CN(C)C(=S)SCC(=O)NC1CCC(Nc2cc(C(F)(F)F)nc3ccc(Cl)cc23)CC1. The van der Waals surface area contributed by atoms with Crippen molar-refractivity contribution in [2.45, 2.75) is 43.9 Å². The Kier molecular flexibility index (Phi) is 8.11. The summed E-state index contributed by atoms with van der Waals surface area (Å²) in [5, 5.41) is 7.26. The number of benzene rings is 1. The molecule has 1 fully saturated rings. The molecule has 32 heavy (non-hydrogen) atoms. The molecule has 0 atom stereocenters. The van der Waals surface area contributed by atoms with Gasteiger partial charge in [-0.3, -0.25) is 4.79 Å². The van der Waals surface area contributed by atoms with Gasteiger partial charge in [-0.05, 0) is 49.9 Å². The molecule has 174 valence electrons. The van der Waals surface area contributed by atoms with Gasteiger partial charge in [0, 0.05) is 42.3 Å². The van der Waals surface area contributed by atoms with E-state index in [1.807, 2.05) is 14.1 Å². The summed E-state index contributed by atoms with van der Waals surface area (Å²) in [6, 6.07) is 5.71. The van der Waals surface area contributed by atoms with Crippen LogP contribution in [0.4, 0.5) is 18.9 Å². The lowest BCUT2D eigenvalue weighted by Crippen LogP contribution is -2.41. The summed E-state index contributed by atoms with van der Waals surface area (Å²) in [7, 11) is 3.66. The molecule has 1 aromatic carbocycles. The van der Waals surface area contributed by atoms with Gasteiger partial charge in [-0.1, -0.05) is 35.6 Å². The maximum atomic E-state index is 13.3. The summed E-state index contributed by atoms with van der Waals surface area (Å²) in [4.78, 5) is 17.7. The van der Waals surface area contributed by atoms with E-state index in [1.165, 1.54) is 23.9 Å². The molecule has 1 aromatic heterocycles. The summed E-state index contributed by atoms with van der Waals surface area (Å²) in [6.45, 7) is 0. The van der Waals surface area contributed by atoms with E-state index in [-0.39, 0.29) is 29.3 Å². The number of nitrogens with zero attached hydrogens (tertiary/aromatic N) is 2. The number of hydrogen-bond acceptors (Lipinski definition) is 5. The third kappa shape index (κ3) is 6.62. The second kappa shape index (κ2) is 10.4. The van der Waals surface area contributed by atoms with Crippen molar-refractivity contribution in [2.75, 3.05) is 25.2 Å². The number of aromatic nitrogens is 1. The van der Waals surface area contributed by atoms with Crippen LogP contribution in [0.25, 0.3) is 10.9 Å². The van der Waals surface area contributed by atoms with E-state index >= 15 is 0 Å². The Bertz CT molecular complexity index is 995. The molecule has 0 spiro atoms. The smallest absolute Gasteiger partial charge is 0.382 e. The summed E-state index contributed by atoms with van der Waals surface area (Å²) >= 11 is 12.5. The molecule has 2 N–H and O–H groups in total. The average Bonchev–Trinajstić information content (AvgIpc) is 2.72. The van der Waals surface area contributed by atoms with Gasteiger partial charge in [0.2, 0.25) is 5.91 Å². The standard InChI is InChI=1S/C21H24ClF3N4OS2/c1-29(2)20(31)32-11-19(30)27-14-6-4-13(5-7-14)26-17-10-18(21(23,24)25)28-16-8-3-12(22)9-15(16)17/h3,8-10,13-14H,4-7,11H2,1-2H3,(H,26,28)(H,27,30). The zero-order chi connectivity index (χ0) is 23.5. The number of amides is 1. The zero-order valence-corrected chi connectivity index (χ0v) is 20.0. The quantitative estimate of drug-likeness (QED) is 0.537. The van der Waals surface area contributed by atoms with Crippen molar-refractivity contribution in [1.82, 2.24) is 15.2 Å². The van der Waals surface area contributed by atoms with Crippen LogP contribution in [0.5, 0.6) is 0 Å². The highest BCUT2D eigenvalue weighted by atomic mass is 35.5. The molecular formula is C21H24ClF3N4OS2. The third-order valence-electron chi connectivity index (χ3n) is 5.20. The maximum Gasteiger partial charge on any atom is 0.433 e. The molecule has 1 aliphatic carbocycles. The second-order valence-corrected chi connectivity index (χ2v) is 9.97. The number of carbonyl (C=O) groups excluding carboxylic acids is 1. The Morgan fingerprint density at radius 1 is 1.22 bits per heavy atom. The monoisotopic (exact) mass is 504 g/mol. The van der Waals surface area contributed by atoms with Crippen molar-refractivity contribution in [3.63, 3.8) is 0 Å². The lowest BCUT2D eigenvalue weighted by Gasteiger charge is -2.30. The van der Waals surface area contributed by atoms with Crippen LogP contribution in [0.2, 0.25) is 5.02 Å². The number of fused-ring (bicyclic) bond motifs is 1. The van der Waals surface area contributed by atoms with Crippen molar-refractivity contribution >= 4 is 62.4 Å². The van der Waals surface area contributed by atoms with Crippen LogP contribution in [0, 0.1) is 0 Å². The summed E-state index contributed by atoms with van der Waals surface area (Å²) < 4.78 is 40.6. The van der Waals surface area contributed by atoms with Gasteiger partial charge in [0.1, 0.15) is 10.0 Å². The highest BCUT2D eigenvalue weighted by Gasteiger charge is 2.34. The minimum Gasteiger partial charge on any atom is -0.382 e. The molecule has 5 nitrogen and oxygen atoms in total. The van der Waals surface area contributed by atoms with Gasteiger partial charge < -0.3 is 15.5 Å². The van der Waals surface area contributed by atoms with E-state index in [9.17, 15) is 18.0 Å². The average molecular weight is 505 g/mol. The van der Waals surface area contributed by atoms with Crippen LogP contribution in [-0.2, 0) is 11.0 Å². The molecule has 0 bridgehead atoms. The molecule has 0 saturated heterocycles. The van der Waals surface area contributed by atoms with Gasteiger partial charge in [-0.25, -0.2) is 4.98 Å². The van der Waals surface area contributed by atoms with Crippen LogP contribution in [0.3, 0.4) is 0 Å². The van der Waals surface area contributed by atoms with E-state index in [0.717, 1.165) is 31.7 Å². The lowest BCUT2D eigenvalue weighted by molar-refractivity contribution is -0.140. The van der Waals surface area contributed by atoms with Gasteiger partial charge >= 0.3 is 6.18 Å². The van der Waals surface area contributed by atoms with E-state index < -0.39 is 11.9 Å². The molecule has 1 saturated carbocycles. The van der Waals surface area contributed by atoms with Crippen molar-refractivity contribution < 1.29 is 18.0 Å². The molecule has 1 aliphatic rings. The molecule has 3 rings (SSSR count). The Hall–Kier alpha value is -1.78. The maximum absolute atomic E-state index is 13.3. The Morgan fingerprint density at radius 2 is 1.88 bits per heavy atom. The minimum absolute atomic E-state index is 0.00971. The van der Waals surface area contributed by atoms with Crippen molar-refractivity contribution in [3.8, 4) is 0 Å². The number of thioether (sulfide) groups is 1. The largest absolute Gasteiger partial charge is 0.433 e. The van der Waals surface area contributed by atoms with E-state index in [1.54, 1.807) is 11.0 Å². The zero-order valence-electron chi connectivity index (χ0n) is 17.6. The topological polar surface area (TPSA) is 57.3 Å². The van der Waals surface area contributed by atoms with Gasteiger partial charge in [0.25, 0.3) is 0 Å². The number of alkyl halides is 3. The highest BCUT2D eigenvalue weighted by Crippen LogP contribution is 2.35. The predicted octanol–water partition coefficient (Wildman–Crippen LogP) is 5.33. The first-order valence-electron chi connectivity index (χ1n) is 10.1. The van der Waals surface area contributed by atoms with E-state index in [4.69, 9.17) is 23.8 Å². The lowest BCUT2D eigenvalue weighted by atomic mass is 9.91. The van der Waals surface area contributed by atoms with Crippen molar-refractivity contribution in [2.24, 2.45) is 0 Å². The Labute approximate surface area is 199 Å². The molecule has 1 heterocycles. The first-order chi connectivity index (χ1) is 15.0. The first-order valence-corrected chi connectivity index (χ1v) is 11.9. The highest BCUT2D eigenvalue weighted by molar-refractivity contribution is 8.23. The van der Waals surface area contributed by atoms with Gasteiger partial charge in [-0.15, -0.1) is 0 Å². The number of carbonyl (C=O) groups is 1. The molecule has 0 unspecified atom stereocenters. The molecule has 0 aliphatic heterocycles. The predicted molar refractivity (Wildman–Crippen MR) is 128 cm³/mol. The fourth-order valence-electron chi connectivity index (χ4n) is 3.59. The fourth-order valence-corrected chi connectivity index (χ4v) is 4.54. The summed E-state index contributed by atoms with van der Waals surface area (Å²) in [6.07, 6.45) is -1.62. The molecular weight excluding hydrogens is 481 g/mol. The number of thiocarbonyl (C=S) groups is 1. The molecule has 1 amide bonds. The molecule has 0 radical (unpaired) electrons. The molecule has 2 aromatic rings. The van der Waals surface area contributed by atoms with Crippen molar-refractivity contribution in [3.05, 3.63) is 35.0 Å². The normalized spacial score (nSPS) is 18.9. The number of hydrogen-bond donors (Lipinski definition) is 2. The van der Waals surface area contributed by atoms with Crippen molar-refractivity contribution in [1.29, 1.82) is 0 Å². The van der Waals surface area contributed by atoms with Crippen LogP contribution in [0.1, 0.15) is 31.4 Å². The van der Waals surface area contributed by atoms with Gasteiger partial charge in [0.05, 0.1) is 11.3 Å².